The van der Waals surface area contributed by atoms with Crippen molar-refractivity contribution in [2.24, 2.45) is 0 Å². The van der Waals surface area contributed by atoms with E-state index in [0.717, 1.165) is 16.2 Å². The van der Waals surface area contributed by atoms with E-state index in [0.29, 0.717) is 0 Å². The van der Waals surface area contributed by atoms with Crippen molar-refractivity contribution in [1.29, 1.82) is 0 Å². The van der Waals surface area contributed by atoms with Crippen molar-refractivity contribution in [3.63, 3.8) is 0 Å². The molecule has 1 atom stereocenters. The Morgan fingerprint density at radius 3 is 2.31 bits per heavy atom. The predicted octanol–water partition coefficient (Wildman–Crippen LogP) is 0.601. The van der Waals surface area contributed by atoms with Gasteiger partial charge in [-0.05, 0) is 18.2 Å². The molecule has 0 spiro atoms. The van der Waals surface area contributed by atoms with Crippen LogP contribution in [0.5, 0.6) is 0 Å². The van der Waals surface area contributed by atoms with Crippen LogP contribution in [0.25, 0.3) is 0 Å². The van der Waals surface area contributed by atoms with Gasteiger partial charge in [-0.1, -0.05) is 18.2 Å². The average Bonchev–Trinajstić information content (AvgIpc) is 2.68. The molecule has 2 aromatic rings. The number of rotatable bonds is 7. The summed E-state index contributed by atoms with van der Waals surface area (Å²) in [5, 5.41) is 15.8. The number of likely N-dealkylation sites (N-methyl/N-ethyl adjacent to an activating group) is 1. The minimum Gasteiger partial charge on any atom is -0.378 e. The minimum atomic E-state index is -0.874. The van der Waals surface area contributed by atoms with Crippen LogP contribution in [0.4, 0.5) is 17.1 Å². The molecule has 154 valence electrons. The quantitative estimate of drug-likeness (QED) is 0.358. The maximum Gasteiger partial charge on any atom is 0.313 e. The molecule has 0 saturated heterocycles. The lowest BCUT2D eigenvalue weighted by molar-refractivity contribution is -0.890. The summed E-state index contributed by atoms with van der Waals surface area (Å²) < 4.78 is 0. The van der Waals surface area contributed by atoms with E-state index in [1.165, 1.54) is 24.3 Å². The first-order valence-electron chi connectivity index (χ1n) is 9.10. The van der Waals surface area contributed by atoms with E-state index in [9.17, 15) is 19.7 Å². The van der Waals surface area contributed by atoms with Gasteiger partial charge in [0.05, 0.1) is 25.6 Å². The Balaban J connectivity index is 2.00. The molecule has 0 fully saturated rings. The smallest absolute Gasteiger partial charge is 0.313 e. The van der Waals surface area contributed by atoms with Crippen LogP contribution in [0.2, 0.25) is 0 Å². The van der Waals surface area contributed by atoms with Crippen LogP contribution >= 0.6 is 0 Å². The monoisotopic (exact) mass is 400 g/mol. The average molecular weight is 400 g/mol. The van der Waals surface area contributed by atoms with Crippen molar-refractivity contribution in [2.75, 3.05) is 45.0 Å². The summed E-state index contributed by atoms with van der Waals surface area (Å²) >= 11 is 0. The third-order valence-electron chi connectivity index (χ3n) is 4.50. The number of quaternary nitrogens is 1. The fourth-order valence-electron chi connectivity index (χ4n) is 2.82. The number of non-ortho nitro benzene ring substituents is 1. The van der Waals surface area contributed by atoms with Gasteiger partial charge >= 0.3 is 11.8 Å². The van der Waals surface area contributed by atoms with Gasteiger partial charge in [-0.15, -0.1) is 0 Å². The van der Waals surface area contributed by atoms with Crippen LogP contribution in [-0.2, 0) is 9.59 Å². The standard InChI is InChI=1S/C20H25N5O4/c1-23(2)16-10-8-14(9-11-16)18(24(3)4)13-21-19(26)20(27)22-15-6-5-7-17(12-15)25(28)29/h5-12,18H,13H2,1-4H3,(H,21,26)(H,22,27)/p+1/t18-/m1/s1. The maximum atomic E-state index is 12.2. The Bertz CT molecular complexity index is 881. The Kier molecular flexibility index (Phi) is 7.27. The molecule has 0 aromatic heterocycles. The number of nitrogens with zero attached hydrogens (tertiary/aromatic N) is 2. The molecule has 0 unspecified atom stereocenters. The lowest BCUT2D eigenvalue weighted by atomic mass is 10.1. The van der Waals surface area contributed by atoms with Gasteiger partial charge in [0.15, 0.2) is 0 Å². The summed E-state index contributed by atoms with van der Waals surface area (Å²) in [6, 6.07) is 13.4. The van der Waals surface area contributed by atoms with Gasteiger partial charge in [0, 0.05) is 43.2 Å². The van der Waals surface area contributed by atoms with Crippen molar-refractivity contribution in [2.45, 2.75) is 6.04 Å². The normalized spacial score (nSPS) is 11.6. The highest BCUT2D eigenvalue weighted by Gasteiger charge is 2.22. The number of nitro groups is 1. The lowest BCUT2D eigenvalue weighted by Gasteiger charge is -2.23. The molecule has 0 aliphatic carbocycles. The molecule has 0 aliphatic heterocycles. The molecule has 0 radical (unpaired) electrons. The molecule has 2 rings (SSSR count). The highest BCUT2D eigenvalue weighted by Crippen LogP contribution is 2.17. The topological polar surface area (TPSA) is 109 Å². The first-order chi connectivity index (χ1) is 13.7. The molecular formula is C20H26N5O4+. The van der Waals surface area contributed by atoms with E-state index in [-0.39, 0.29) is 24.0 Å². The Hall–Kier alpha value is -3.46. The van der Waals surface area contributed by atoms with Crippen molar-refractivity contribution < 1.29 is 19.4 Å². The maximum absolute atomic E-state index is 12.2. The molecule has 9 nitrogen and oxygen atoms in total. The number of benzene rings is 2. The molecule has 9 heteroatoms. The molecular weight excluding hydrogens is 374 g/mol. The Labute approximate surface area is 169 Å². The van der Waals surface area contributed by atoms with Crippen LogP contribution in [0, 0.1) is 10.1 Å². The Morgan fingerprint density at radius 1 is 1.10 bits per heavy atom. The Morgan fingerprint density at radius 2 is 1.76 bits per heavy atom. The molecule has 0 saturated carbocycles. The summed E-state index contributed by atoms with van der Waals surface area (Å²) in [4.78, 5) is 37.7. The lowest BCUT2D eigenvalue weighted by Crippen LogP contribution is -3.07. The van der Waals surface area contributed by atoms with Gasteiger partial charge in [0.1, 0.15) is 6.04 Å². The van der Waals surface area contributed by atoms with Gasteiger partial charge < -0.3 is 20.4 Å². The number of carbonyl (C=O) groups is 2. The number of carbonyl (C=O) groups excluding carboxylic acids is 2. The SMILES string of the molecule is CN(C)c1ccc([C@@H](CNC(=O)C(=O)Nc2cccc([N+](=O)[O-])c2)[NH+](C)C)cc1. The first-order valence-corrected chi connectivity index (χ1v) is 9.10. The van der Waals surface area contributed by atoms with E-state index < -0.39 is 16.7 Å². The number of anilines is 2. The molecule has 2 aromatic carbocycles. The van der Waals surface area contributed by atoms with Crippen LogP contribution in [0.3, 0.4) is 0 Å². The summed E-state index contributed by atoms with van der Waals surface area (Å²) in [5.74, 6) is -1.67. The molecule has 29 heavy (non-hydrogen) atoms. The van der Waals surface area contributed by atoms with Crippen molar-refractivity contribution >= 4 is 28.9 Å². The van der Waals surface area contributed by atoms with E-state index in [2.05, 4.69) is 10.6 Å². The van der Waals surface area contributed by atoms with E-state index in [1.807, 2.05) is 57.4 Å². The fraction of sp³-hybridized carbons (Fsp3) is 0.300. The molecule has 0 aliphatic rings. The second kappa shape index (κ2) is 9.65. The van der Waals surface area contributed by atoms with Crippen LogP contribution < -0.4 is 20.4 Å². The first kappa shape index (κ1) is 21.8. The van der Waals surface area contributed by atoms with Gasteiger partial charge in [-0.3, -0.25) is 19.7 Å². The second-order valence-corrected chi connectivity index (χ2v) is 7.09. The number of hydrogen-bond donors (Lipinski definition) is 3. The van der Waals surface area contributed by atoms with E-state index >= 15 is 0 Å². The van der Waals surface area contributed by atoms with E-state index in [1.54, 1.807) is 0 Å². The third kappa shape index (κ3) is 6.01. The zero-order chi connectivity index (χ0) is 21.6. The highest BCUT2D eigenvalue weighted by molar-refractivity contribution is 6.39. The zero-order valence-corrected chi connectivity index (χ0v) is 16.9. The highest BCUT2D eigenvalue weighted by atomic mass is 16.6. The molecule has 0 bridgehead atoms. The minimum absolute atomic E-state index is 0.0409. The van der Waals surface area contributed by atoms with Crippen molar-refractivity contribution in [1.82, 2.24) is 5.32 Å². The van der Waals surface area contributed by atoms with Gasteiger partial charge in [-0.2, -0.15) is 0 Å². The molecule has 0 heterocycles. The third-order valence-corrected chi connectivity index (χ3v) is 4.50. The van der Waals surface area contributed by atoms with Gasteiger partial charge in [0.2, 0.25) is 0 Å². The van der Waals surface area contributed by atoms with Crippen LogP contribution in [-0.4, -0.2) is 51.5 Å². The molecule has 3 N–H and O–H groups in total. The summed E-state index contributed by atoms with van der Waals surface area (Å²) in [5.41, 5.74) is 2.13. The van der Waals surface area contributed by atoms with Gasteiger partial charge in [-0.25, -0.2) is 0 Å². The molecule has 2 amide bonds. The van der Waals surface area contributed by atoms with Crippen LogP contribution in [0.1, 0.15) is 11.6 Å². The van der Waals surface area contributed by atoms with Crippen molar-refractivity contribution in [3.05, 3.63) is 64.2 Å². The fourth-order valence-corrected chi connectivity index (χ4v) is 2.82. The number of amides is 2. The van der Waals surface area contributed by atoms with Gasteiger partial charge in [0.25, 0.3) is 5.69 Å². The summed E-state index contributed by atoms with van der Waals surface area (Å²) in [6.07, 6.45) is 0. The van der Waals surface area contributed by atoms with E-state index in [4.69, 9.17) is 0 Å². The largest absolute Gasteiger partial charge is 0.378 e. The number of nitrogens with one attached hydrogen (secondary N) is 3. The number of nitro benzene ring substituents is 1. The zero-order valence-electron chi connectivity index (χ0n) is 16.9. The van der Waals surface area contributed by atoms with Crippen molar-refractivity contribution in [3.8, 4) is 0 Å². The van der Waals surface area contributed by atoms with Crippen LogP contribution in [0.15, 0.2) is 48.5 Å². The summed E-state index contributed by atoms with van der Waals surface area (Å²) in [6.45, 7) is 0.269. The second-order valence-electron chi connectivity index (χ2n) is 7.09. The number of hydrogen-bond acceptors (Lipinski definition) is 5. The predicted molar refractivity (Wildman–Crippen MR) is 111 cm³/mol. The summed E-state index contributed by atoms with van der Waals surface area (Å²) in [7, 11) is 7.87.